The molecule has 0 aliphatic carbocycles. The van der Waals surface area contributed by atoms with Crippen molar-refractivity contribution in [3.63, 3.8) is 0 Å². The Kier molecular flexibility index (Phi) is 4.59. The van der Waals surface area contributed by atoms with E-state index in [2.05, 4.69) is 5.32 Å². The van der Waals surface area contributed by atoms with Gasteiger partial charge in [0.15, 0.2) is 0 Å². The summed E-state index contributed by atoms with van der Waals surface area (Å²) in [6, 6.07) is 8.59. The van der Waals surface area contributed by atoms with Crippen LogP contribution in [0.1, 0.15) is 11.5 Å². The van der Waals surface area contributed by atoms with Gasteiger partial charge in [-0.15, -0.1) is 0 Å². The molecule has 5 nitrogen and oxygen atoms in total. The second kappa shape index (κ2) is 6.23. The number of aliphatic hydroxyl groups excluding tert-OH is 1. The monoisotopic (exact) mass is 317 g/mol. The topological polar surface area (TPSA) is 79.5 Å². The Morgan fingerprint density at radius 1 is 1.14 bits per heavy atom. The molecule has 1 heterocycles. The first-order chi connectivity index (χ1) is 9.95. The molecule has 1 aromatic carbocycles. The van der Waals surface area contributed by atoms with Crippen LogP contribution in [0.2, 0.25) is 0 Å². The fraction of sp³-hybridized carbons (Fsp3) is 0.231. The van der Waals surface area contributed by atoms with Gasteiger partial charge >= 0.3 is 5.76 Å². The number of halogens is 2. The number of sulfone groups is 1. The molecular formula is C13H13F2NO4S. The highest BCUT2D eigenvalue weighted by molar-refractivity contribution is 7.91. The molecule has 0 saturated carbocycles. The van der Waals surface area contributed by atoms with Crippen molar-refractivity contribution in [2.75, 3.05) is 5.32 Å². The van der Waals surface area contributed by atoms with Gasteiger partial charge in [-0.1, -0.05) is 12.1 Å². The minimum absolute atomic E-state index is 0.0692. The molecule has 0 fully saturated rings. The summed E-state index contributed by atoms with van der Waals surface area (Å²) in [6.45, 7) is -0.147. The first-order valence-electron chi connectivity index (χ1n) is 5.98. The summed E-state index contributed by atoms with van der Waals surface area (Å²) in [5, 5.41) is 11.6. The van der Waals surface area contributed by atoms with Crippen molar-refractivity contribution in [2.45, 2.75) is 23.8 Å². The highest BCUT2D eigenvalue weighted by atomic mass is 32.2. The van der Waals surface area contributed by atoms with Crippen LogP contribution >= 0.6 is 0 Å². The number of furan rings is 1. The molecule has 0 bridgehead atoms. The second-order valence-corrected chi connectivity index (χ2v) is 6.07. The molecule has 1 aromatic heterocycles. The van der Waals surface area contributed by atoms with Gasteiger partial charge in [-0.05, 0) is 24.3 Å². The van der Waals surface area contributed by atoms with Gasteiger partial charge in [0.25, 0.3) is 0 Å². The number of anilines is 1. The van der Waals surface area contributed by atoms with Crippen molar-refractivity contribution in [2.24, 2.45) is 0 Å². The van der Waals surface area contributed by atoms with E-state index in [-0.39, 0.29) is 18.8 Å². The van der Waals surface area contributed by atoms with Crippen molar-refractivity contribution in [3.05, 3.63) is 47.9 Å². The van der Waals surface area contributed by atoms with Crippen LogP contribution in [-0.2, 0) is 23.0 Å². The van der Waals surface area contributed by atoms with Gasteiger partial charge in [-0.25, -0.2) is 8.42 Å². The largest absolute Gasteiger partial charge is 0.462 e. The Morgan fingerprint density at radius 3 is 2.43 bits per heavy atom. The van der Waals surface area contributed by atoms with Crippen LogP contribution in [0.5, 0.6) is 0 Å². The number of rotatable bonds is 6. The molecule has 0 amide bonds. The van der Waals surface area contributed by atoms with Crippen molar-refractivity contribution >= 4 is 15.5 Å². The van der Waals surface area contributed by atoms with E-state index in [1.54, 1.807) is 12.1 Å². The number of nitrogens with one attached hydrogen (secondary N) is 1. The Labute approximate surface area is 120 Å². The highest BCUT2D eigenvalue weighted by Gasteiger charge is 2.28. The number of para-hydroxylation sites is 1. The summed E-state index contributed by atoms with van der Waals surface area (Å²) in [7, 11) is -4.68. The maximum Gasteiger partial charge on any atom is 0.341 e. The number of alkyl halides is 2. The van der Waals surface area contributed by atoms with Crippen LogP contribution in [0.25, 0.3) is 0 Å². The molecule has 8 heteroatoms. The summed E-state index contributed by atoms with van der Waals surface area (Å²) < 4.78 is 53.6. The van der Waals surface area contributed by atoms with E-state index < -0.39 is 20.5 Å². The fourth-order valence-corrected chi connectivity index (χ4v) is 2.65. The van der Waals surface area contributed by atoms with Gasteiger partial charge in [-0.2, -0.15) is 8.78 Å². The van der Waals surface area contributed by atoms with E-state index >= 15 is 0 Å². The normalized spacial score (nSPS) is 11.8. The maximum absolute atomic E-state index is 12.6. The summed E-state index contributed by atoms with van der Waals surface area (Å²) in [6.07, 6.45) is 0. The molecule has 2 aromatic rings. The second-order valence-electron chi connectivity index (χ2n) is 4.18. The number of hydrogen-bond donors (Lipinski definition) is 2. The van der Waals surface area contributed by atoms with E-state index in [1.165, 1.54) is 18.2 Å². The predicted molar refractivity (Wildman–Crippen MR) is 71.6 cm³/mol. The Hall–Kier alpha value is -1.93. The zero-order valence-corrected chi connectivity index (χ0v) is 11.6. The predicted octanol–water partition coefficient (Wildman–Crippen LogP) is 2.38. The number of benzene rings is 1. The van der Waals surface area contributed by atoms with Crippen LogP contribution in [0.15, 0.2) is 45.7 Å². The van der Waals surface area contributed by atoms with Crippen LogP contribution < -0.4 is 5.32 Å². The van der Waals surface area contributed by atoms with E-state index in [9.17, 15) is 17.2 Å². The number of aliphatic hydroxyl groups is 1. The molecule has 21 heavy (non-hydrogen) atoms. The van der Waals surface area contributed by atoms with Crippen LogP contribution in [-0.4, -0.2) is 19.3 Å². The molecule has 2 N–H and O–H groups in total. The van der Waals surface area contributed by atoms with Crippen LogP contribution in [0.3, 0.4) is 0 Å². The average molecular weight is 317 g/mol. The van der Waals surface area contributed by atoms with Crippen LogP contribution in [0, 0.1) is 0 Å². The lowest BCUT2D eigenvalue weighted by molar-refractivity contribution is 0.235. The van der Waals surface area contributed by atoms with Gasteiger partial charge in [-0.3, -0.25) is 0 Å². The fourth-order valence-electron chi connectivity index (χ4n) is 1.74. The van der Waals surface area contributed by atoms with E-state index in [4.69, 9.17) is 9.52 Å². The van der Waals surface area contributed by atoms with Crippen LogP contribution in [0.4, 0.5) is 14.5 Å². The molecule has 0 spiro atoms. The van der Waals surface area contributed by atoms with Gasteiger partial charge < -0.3 is 14.8 Å². The smallest absolute Gasteiger partial charge is 0.341 e. The molecule has 0 atom stereocenters. The van der Waals surface area contributed by atoms with Gasteiger partial charge in [0, 0.05) is 0 Å². The standard InChI is InChI=1S/C13H13F2NO4S/c14-13(15)21(18,19)12-4-2-1-3-11(12)16-7-9-5-6-10(8-17)20-9/h1-6,13,16-17H,7-8H2. The molecule has 2 rings (SSSR count). The lowest BCUT2D eigenvalue weighted by Crippen LogP contribution is -2.14. The SMILES string of the molecule is O=S(=O)(c1ccccc1NCc1ccc(CO)o1)C(F)F. The Morgan fingerprint density at radius 2 is 1.81 bits per heavy atom. The Bertz CT molecular complexity index is 712. The lowest BCUT2D eigenvalue weighted by atomic mass is 10.3. The van der Waals surface area contributed by atoms with Crippen molar-refractivity contribution in [3.8, 4) is 0 Å². The van der Waals surface area contributed by atoms with Crippen molar-refractivity contribution in [1.29, 1.82) is 0 Å². The maximum atomic E-state index is 12.6. The van der Waals surface area contributed by atoms with Crippen molar-refractivity contribution < 1.29 is 26.7 Å². The van der Waals surface area contributed by atoms with E-state index in [1.807, 2.05) is 0 Å². The average Bonchev–Trinajstić information content (AvgIpc) is 2.93. The minimum Gasteiger partial charge on any atom is -0.462 e. The molecule has 0 aliphatic rings. The van der Waals surface area contributed by atoms with E-state index in [0.717, 1.165) is 6.07 Å². The third-order valence-electron chi connectivity index (χ3n) is 2.75. The molecule has 0 radical (unpaired) electrons. The first kappa shape index (κ1) is 15.5. The molecular weight excluding hydrogens is 304 g/mol. The molecule has 0 saturated heterocycles. The summed E-state index contributed by atoms with van der Waals surface area (Å²) in [5.41, 5.74) is 0.0692. The first-order valence-corrected chi connectivity index (χ1v) is 7.53. The third-order valence-corrected chi connectivity index (χ3v) is 4.19. The quantitative estimate of drug-likeness (QED) is 0.855. The zero-order valence-electron chi connectivity index (χ0n) is 10.8. The summed E-state index contributed by atoms with van der Waals surface area (Å²) in [5.74, 6) is -2.67. The summed E-state index contributed by atoms with van der Waals surface area (Å²) in [4.78, 5) is -0.464. The van der Waals surface area contributed by atoms with Gasteiger partial charge in [0.2, 0.25) is 9.84 Å². The molecule has 114 valence electrons. The van der Waals surface area contributed by atoms with Gasteiger partial charge in [0.05, 0.1) is 17.1 Å². The Balaban J connectivity index is 2.21. The summed E-state index contributed by atoms with van der Waals surface area (Å²) >= 11 is 0. The molecule has 0 unspecified atom stereocenters. The highest BCUT2D eigenvalue weighted by Crippen LogP contribution is 2.26. The lowest BCUT2D eigenvalue weighted by Gasteiger charge is -2.11. The third kappa shape index (κ3) is 3.40. The van der Waals surface area contributed by atoms with Gasteiger partial charge in [0.1, 0.15) is 18.1 Å². The number of hydrogen-bond acceptors (Lipinski definition) is 5. The van der Waals surface area contributed by atoms with Crippen molar-refractivity contribution in [1.82, 2.24) is 0 Å². The van der Waals surface area contributed by atoms with E-state index in [0.29, 0.717) is 11.5 Å². The zero-order chi connectivity index (χ0) is 15.5. The molecule has 0 aliphatic heterocycles. The minimum atomic E-state index is -4.68.